The number of rotatable bonds is 2. The summed E-state index contributed by atoms with van der Waals surface area (Å²) in [7, 11) is 0. The Bertz CT molecular complexity index is 525. The van der Waals surface area contributed by atoms with E-state index in [-0.39, 0.29) is 18.0 Å². The molecule has 0 bridgehead atoms. The summed E-state index contributed by atoms with van der Waals surface area (Å²) < 4.78 is 40.1. The Morgan fingerprint density at radius 3 is 2.45 bits per heavy atom. The molecule has 1 amide bonds. The first kappa shape index (κ1) is 14.8. The van der Waals surface area contributed by atoms with E-state index in [4.69, 9.17) is 0 Å². The number of aryl methyl sites for hydroxylation is 1. The van der Waals surface area contributed by atoms with E-state index in [0.717, 1.165) is 10.6 Å². The third-order valence-electron chi connectivity index (χ3n) is 3.41. The lowest BCUT2D eigenvalue weighted by molar-refractivity contribution is -0.191. The second kappa shape index (κ2) is 4.77. The van der Waals surface area contributed by atoms with Gasteiger partial charge in [0.2, 0.25) is 5.91 Å². The lowest BCUT2D eigenvalue weighted by Crippen LogP contribution is -2.43. The van der Waals surface area contributed by atoms with Gasteiger partial charge in [0.25, 0.3) is 0 Å². The molecule has 0 radical (unpaired) electrons. The van der Waals surface area contributed by atoms with Gasteiger partial charge in [-0.1, -0.05) is 29.8 Å². The lowest BCUT2D eigenvalue weighted by atomic mass is 9.93. The standard InChI is InChI=1S/C14H17F3N2O/c1-9-5-4-6-10(7-9)11(14(15,16)17)19-8-13(2,3)12(20)18-19/h4-7,11H,8H2,1-3H3,(H,18,20)/t11-/m0/s1. The van der Waals surface area contributed by atoms with Crippen molar-refractivity contribution in [3.05, 3.63) is 35.4 Å². The Morgan fingerprint density at radius 2 is 2.00 bits per heavy atom. The minimum Gasteiger partial charge on any atom is -0.287 e. The SMILES string of the molecule is Cc1cccc([C@H](N2CC(C)(C)C(=O)N2)C(F)(F)F)c1. The number of halogens is 3. The largest absolute Gasteiger partial charge is 0.409 e. The molecule has 2 rings (SSSR count). The van der Waals surface area contributed by atoms with Crippen LogP contribution in [0.25, 0.3) is 0 Å². The minimum atomic E-state index is -4.46. The van der Waals surface area contributed by atoms with Crippen LogP contribution in [0.4, 0.5) is 13.2 Å². The zero-order valence-corrected chi connectivity index (χ0v) is 11.6. The van der Waals surface area contributed by atoms with Crippen molar-refractivity contribution in [1.82, 2.24) is 10.4 Å². The van der Waals surface area contributed by atoms with E-state index in [2.05, 4.69) is 5.43 Å². The smallest absolute Gasteiger partial charge is 0.287 e. The molecule has 1 fully saturated rings. The Morgan fingerprint density at radius 1 is 1.35 bits per heavy atom. The molecule has 1 aliphatic heterocycles. The fraction of sp³-hybridized carbons (Fsp3) is 0.500. The van der Waals surface area contributed by atoms with Crippen molar-refractivity contribution in [3.8, 4) is 0 Å². The third kappa shape index (κ3) is 2.80. The number of carbonyl (C=O) groups excluding carboxylic acids is 1. The summed E-state index contributed by atoms with van der Waals surface area (Å²) in [6.07, 6.45) is -4.46. The van der Waals surface area contributed by atoms with E-state index in [0.29, 0.717) is 0 Å². The first-order valence-corrected chi connectivity index (χ1v) is 6.32. The Balaban J connectivity index is 2.38. The van der Waals surface area contributed by atoms with Crippen molar-refractivity contribution in [1.29, 1.82) is 0 Å². The van der Waals surface area contributed by atoms with Gasteiger partial charge in [0.1, 0.15) is 6.04 Å². The van der Waals surface area contributed by atoms with E-state index in [1.54, 1.807) is 32.9 Å². The van der Waals surface area contributed by atoms with Crippen molar-refractivity contribution in [2.24, 2.45) is 5.41 Å². The molecule has 0 unspecified atom stereocenters. The predicted octanol–water partition coefficient (Wildman–Crippen LogP) is 2.97. The summed E-state index contributed by atoms with van der Waals surface area (Å²) in [5.74, 6) is -0.389. The number of carbonyl (C=O) groups is 1. The molecule has 1 aliphatic rings. The maximum atomic E-state index is 13.4. The fourth-order valence-electron chi connectivity index (χ4n) is 2.36. The van der Waals surface area contributed by atoms with Crippen LogP contribution >= 0.6 is 0 Å². The van der Waals surface area contributed by atoms with Crippen molar-refractivity contribution < 1.29 is 18.0 Å². The zero-order chi connectivity index (χ0) is 15.1. The molecular weight excluding hydrogens is 269 g/mol. The van der Waals surface area contributed by atoms with Gasteiger partial charge in [-0.15, -0.1) is 0 Å². The number of hydrogen-bond acceptors (Lipinski definition) is 2. The Labute approximate surface area is 115 Å². The van der Waals surface area contributed by atoms with Crippen molar-refractivity contribution in [2.45, 2.75) is 33.0 Å². The van der Waals surface area contributed by atoms with Crippen LogP contribution in [0.1, 0.15) is 31.0 Å². The third-order valence-corrected chi connectivity index (χ3v) is 3.41. The number of alkyl halides is 3. The van der Waals surface area contributed by atoms with Gasteiger partial charge < -0.3 is 0 Å². The zero-order valence-electron chi connectivity index (χ0n) is 11.6. The van der Waals surface area contributed by atoms with E-state index in [1.807, 2.05) is 0 Å². The number of benzene rings is 1. The highest BCUT2D eigenvalue weighted by Gasteiger charge is 2.51. The van der Waals surface area contributed by atoms with Gasteiger partial charge in [-0.2, -0.15) is 13.2 Å². The molecule has 20 heavy (non-hydrogen) atoms. The van der Waals surface area contributed by atoms with Gasteiger partial charge in [0.05, 0.1) is 5.41 Å². The van der Waals surface area contributed by atoms with Gasteiger partial charge >= 0.3 is 6.18 Å². The summed E-state index contributed by atoms with van der Waals surface area (Å²) in [4.78, 5) is 11.7. The number of hydrogen-bond donors (Lipinski definition) is 1. The Hall–Kier alpha value is -1.56. The number of nitrogens with one attached hydrogen (secondary N) is 1. The molecule has 1 aromatic carbocycles. The van der Waals surface area contributed by atoms with Gasteiger partial charge in [0.15, 0.2) is 0 Å². The second-order valence-electron chi connectivity index (χ2n) is 5.81. The molecule has 0 aliphatic carbocycles. The molecule has 1 atom stereocenters. The summed E-state index contributed by atoms with van der Waals surface area (Å²) in [6.45, 7) is 5.02. The van der Waals surface area contributed by atoms with Crippen LogP contribution in [-0.2, 0) is 4.79 Å². The fourth-order valence-corrected chi connectivity index (χ4v) is 2.36. The van der Waals surface area contributed by atoms with Gasteiger partial charge in [-0.05, 0) is 26.3 Å². The summed E-state index contributed by atoms with van der Waals surface area (Å²) in [6, 6.07) is 4.43. The van der Waals surface area contributed by atoms with Crippen LogP contribution in [0.3, 0.4) is 0 Å². The minimum absolute atomic E-state index is 0.0178. The maximum Gasteiger partial charge on any atom is 0.409 e. The number of amides is 1. The van der Waals surface area contributed by atoms with Crippen LogP contribution in [0, 0.1) is 12.3 Å². The molecule has 0 saturated carbocycles. The molecule has 1 N–H and O–H groups in total. The topological polar surface area (TPSA) is 32.3 Å². The first-order chi connectivity index (χ1) is 9.11. The normalized spacial score (nSPS) is 20.8. The van der Waals surface area contributed by atoms with Crippen LogP contribution in [-0.4, -0.2) is 23.6 Å². The number of nitrogens with zero attached hydrogens (tertiary/aromatic N) is 1. The van der Waals surface area contributed by atoms with Gasteiger partial charge in [-0.25, -0.2) is 5.01 Å². The molecule has 0 spiro atoms. The van der Waals surface area contributed by atoms with Gasteiger partial charge in [-0.3, -0.25) is 10.2 Å². The Kier molecular flexibility index (Phi) is 3.54. The summed E-state index contributed by atoms with van der Waals surface area (Å²) >= 11 is 0. The van der Waals surface area contributed by atoms with Crippen LogP contribution in [0.2, 0.25) is 0 Å². The van der Waals surface area contributed by atoms with Crippen molar-refractivity contribution in [3.63, 3.8) is 0 Å². The second-order valence-corrected chi connectivity index (χ2v) is 5.81. The van der Waals surface area contributed by atoms with E-state index >= 15 is 0 Å². The first-order valence-electron chi connectivity index (χ1n) is 6.32. The highest BCUT2D eigenvalue weighted by atomic mass is 19.4. The van der Waals surface area contributed by atoms with Crippen molar-refractivity contribution in [2.75, 3.05) is 6.54 Å². The molecular formula is C14H17F3N2O. The quantitative estimate of drug-likeness (QED) is 0.906. The highest BCUT2D eigenvalue weighted by molar-refractivity contribution is 5.83. The van der Waals surface area contributed by atoms with Crippen LogP contribution < -0.4 is 5.43 Å². The predicted molar refractivity (Wildman–Crippen MR) is 68.6 cm³/mol. The molecule has 1 heterocycles. The van der Waals surface area contributed by atoms with E-state index in [1.165, 1.54) is 12.1 Å². The maximum absolute atomic E-state index is 13.4. The lowest BCUT2D eigenvalue weighted by Gasteiger charge is -2.30. The van der Waals surface area contributed by atoms with Crippen LogP contribution in [0.15, 0.2) is 24.3 Å². The summed E-state index contributed by atoms with van der Waals surface area (Å²) in [5, 5.41) is 0.983. The number of hydrazine groups is 1. The molecule has 1 saturated heterocycles. The highest BCUT2D eigenvalue weighted by Crippen LogP contribution is 2.40. The summed E-state index contributed by atoms with van der Waals surface area (Å²) in [5.41, 5.74) is 2.40. The van der Waals surface area contributed by atoms with E-state index in [9.17, 15) is 18.0 Å². The van der Waals surface area contributed by atoms with Crippen LogP contribution in [0.5, 0.6) is 0 Å². The molecule has 6 heteroatoms. The average Bonchev–Trinajstić information content (AvgIpc) is 2.50. The van der Waals surface area contributed by atoms with Crippen molar-refractivity contribution >= 4 is 5.91 Å². The monoisotopic (exact) mass is 286 g/mol. The molecule has 110 valence electrons. The van der Waals surface area contributed by atoms with Gasteiger partial charge in [0, 0.05) is 6.54 Å². The molecule has 1 aromatic rings. The molecule has 0 aromatic heterocycles. The van der Waals surface area contributed by atoms with E-state index < -0.39 is 17.6 Å². The molecule has 3 nitrogen and oxygen atoms in total. The average molecular weight is 286 g/mol.